The third-order valence-electron chi connectivity index (χ3n) is 2.83. The molecule has 0 bridgehead atoms. The second-order valence-electron chi connectivity index (χ2n) is 4.21. The topological polar surface area (TPSA) is 74.7 Å². The zero-order chi connectivity index (χ0) is 12.9. The van der Waals surface area contributed by atoms with E-state index in [0.29, 0.717) is 19.5 Å². The second-order valence-corrected chi connectivity index (χ2v) is 6.44. The van der Waals surface area contributed by atoms with Crippen LogP contribution in [0.2, 0.25) is 0 Å². The summed E-state index contributed by atoms with van der Waals surface area (Å²) in [7, 11) is -3.09. The Morgan fingerprint density at radius 3 is 2.82 bits per heavy atom. The van der Waals surface area contributed by atoms with E-state index >= 15 is 0 Å². The van der Waals surface area contributed by atoms with Gasteiger partial charge in [-0.2, -0.15) is 0 Å². The van der Waals surface area contributed by atoms with Gasteiger partial charge in [-0.25, -0.2) is 8.42 Å². The van der Waals surface area contributed by atoms with Gasteiger partial charge < -0.3 is 5.11 Å². The molecule has 0 saturated carbocycles. The fourth-order valence-electron chi connectivity index (χ4n) is 1.99. The number of nitrogens with zero attached hydrogens (tertiary/aromatic N) is 1. The highest BCUT2D eigenvalue weighted by Crippen LogP contribution is 2.15. The van der Waals surface area contributed by atoms with E-state index in [4.69, 9.17) is 11.5 Å². The summed E-state index contributed by atoms with van der Waals surface area (Å²) in [5.74, 6) is 1.60. The van der Waals surface area contributed by atoms with Crippen LogP contribution >= 0.6 is 0 Å². The van der Waals surface area contributed by atoms with Gasteiger partial charge in [0.2, 0.25) is 0 Å². The van der Waals surface area contributed by atoms with Crippen molar-refractivity contribution in [2.24, 2.45) is 0 Å². The lowest BCUT2D eigenvalue weighted by Gasteiger charge is -2.34. The highest BCUT2D eigenvalue weighted by Gasteiger charge is 2.31. The molecule has 6 heteroatoms. The summed E-state index contributed by atoms with van der Waals surface area (Å²) in [6.45, 7) is 1.07. The minimum Gasteiger partial charge on any atom is -0.481 e. The predicted molar refractivity (Wildman–Crippen MR) is 64.3 cm³/mol. The fraction of sp³-hybridized carbons (Fsp3) is 0.727. The van der Waals surface area contributed by atoms with Gasteiger partial charge in [-0.3, -0.25) is 9.69 Å². The number of unbranched alkanes of at least 4 members (excludes halogenated alkanes) is 1. The molecule has 17 heavy (non-hydrogen) atoms. The Balaban J connectivity index is 2.61. The molecular formula is C11H17NO4S. The van der Waals surface area contributed by atoms with Crippen LogP contribution in [0.3, 0.4) is 0 Å². The number of sulfone groups is 1. The molecule has 1 unspecified atom stereocenters. The molecule has 0 spiro atoms. The highest BCUT2D eigenvalue weighted by atomic mass is 32.2. The summed E-state index contributed by atoms with van der Waals surface area (Å²) in [5, 5.41) is 8.77. The standard InChI is InChI=1S/C11H17NO4S/c1-2-3-4-5-12-6-7-17(15,16)9-10(12)8-11(13)14/h1,10H,3-9H2,(H,13,14). The summed E-state index contributed by atoms with van der Waals surface area (Å²) in [4.78, 5) is 12.6. The van der Waals surface area contributed by atoms with Gasteiger partial charge in [-0.1, -0.05) is 0 Å². The molecule has 1 atom stereocenters. The third-order valence-corrected chi connectivity index (χ3v) is 4.53. The molecule has 96 valence electrons. The average Bonchev–Trinajstić information content (AvgIpc) is 2.20. The summed E-state index contributed by atoms with van der Waals surface area (Å²) < 4.78 is 22.9. The van der Waals surface area contributed by atoms with E-state index in [0.717, 1.165) is 6.42 Å². The van der Waals surface area contributed by atoms with Gasteiger partial charge in [0.25, 0.3) is 0 Å². The molecule has 1 fully saturated rings. The van der Waals surface area contributed by atoms with E-state index in [-0.39, 0.29) is 17.9 Å². The Morgan fingerprint density at radius 2 is 2.24 bits per heavy atom. The van der Waals surface area contributed by atoms with Gasteiger partial charge in [0.1, 0.15) is 0 Å². The summed E-state index contributed by atoms with van der Waals surface area (Å²) in [6.07, 6.45) is 6.41. The van der Waals surface area contributed by atoms with Gasteiger partial charge in [0.05, 0.1) is 17.9 Å². The first kappa shape index (κ1) is 14.0. The lowest BCUT2D eigenvalue weighted by atomic mass is 10.1. The maximum atomic E-state index is 11.5. The maximum absolute atomic E-state index is 11.5. The first-order valence-corrected chi connectivity index (χ1v) is 7.36. The van der Waals surface area contributed by atoms with Gasteiger partial charge >= 0.3 is 5.97 Å². The Kier molecular flexibility index (Phi) is 4.97. The van der Waals surface area contributed by atoms with Crippen LogP contribution in [0.1, 0.15) is 19.3 Å². The van der Waals surface area contributed by atoms with Crippen LogP contribution in [0.15, 0.2) is 0 Å². The first-order chi connectivity index (χ1) is 7.94. The van der Waals surface area contributed by atoms with E-state index < -0.39 is 21.8 Å². The Hall–Kier alpha value is -1.06. The van der Waals surface area contributed by atoms with Crippen LogP contribution in [0.5, 0.6) is 0 Å². The Morgan fingerprint density at radius 1 is 1.53 bits per heavy atom. The van der Waals surface area contributed by atoms with E-state index in [9.17, 15) is 13.2 Å². The number of carbonyl (C=O) groups is 1. The van der Waals surface area contributed by atoms with Crippen molar-refractivity contribution in [2.75, 3.05) is 24.6 Å². The Bertz CT molecular complexity index is 410. The molecule has 0 aliphatic carbocycles. The Labute approximate surface area is 102 Å². The molecule has 1 saturated heterocycles. The highest BCUT2D eigenvalue weighted by molar-refractivity contribution is 7.91. The van der Waals surface area contributed by atoms with Crippen molar-refractivity contribution >= 4 is 15.8 Å². The van der Waals surface area contributed by atoms with Crippen LogP contribution in [0.4, 0.5) is 0 Å². The van der Waals surface area contributed by atoms with E-state index in [1.807, 2.05) is 4.90 Å². The minimum absolute atomic E-state index is 0.0602. The number of hydrogen-bond donors (Lipinski definition) is 1. The smallest absolute Gasteiger partial charge is 0.304 e. The molecule has 1 N–H and O–H groups in total. The molecule has 0 aromatic heterocycles. The SMILES string of the molecule is C#CCCCN1CCS(=O)(=O)CC1CC(=O)O. The number of terminal acetylenes is 1. The summed E-state index contributed by atoms with van der Waals surface area (Å²) in [5.41, 5.74) is 0. The molecule has 5 nitrogen and oxygen atoms in total. The second kappa shape index (κ2) is 6.03. The number of carboxylic acids is 1. The normalized spacial score (nSPS) is 24.1. The molecule has 1 aliphatic rings. The number of hydrogen-bond acceptors (Lipinski definition) is 4. The zero-order valence-corrected chi connectivity index (χ0v) is 10.4. The van der Waals surface area contributed by atoms with Crippen LogP contribution in [-0.2, 0) is 14.6 Å². The number of aliphatic carboxylic acids is 1. The van der Waals surface area contributed by atoms with Crippen molar-refractivity contribution in [3.05, 3.63) is 0 Å². The maximum Gasteiger partial charge on any atom is 0.304 e. The minimum atomic E-state index is -3.09. The quantitative estimate of drug-likeness (QED) is 0.554. The van der Waals surface area contributed by atoms with E-state index in [1.54, 1.807) is 0 Å². The van der Waals surface area contributed by atoms with Gasteiger partial charge in [0, 0.05) is 19.0 Å². The number of carboxylic acid groups (broad SMARTS) is 1. The lowest BCUT2D eigenvalue weighted by molar-refractivity contribution is -0.138. The summed E-state index contributed by atoms with van der Waals surface area (Å²) >= 11 is 0. The van der Waals surface area contributed by atoms with E-state index in [1.165, 1.54) is 0 Å². The van der Waals surface area contributed by atoms with Gasteiger partial charge in [-0.15, -0.1) is 12.3 Å². The molecule has 0 radical (unpaired) electrons. The van der Waals surface area contributed by atoms with Crippen LogP contribution in [-0.4, -0.2) is 55.0 Å². The van der Waals surface area contributed by atoms with E-state index in [2.05, 4.69) is 5.92 Å². The van der Waals surface area contributed by atoms with Crippen LogP contribution in [0.25, 0.3) is 0 Å². The van der Waals surface area contributed by atoms with Crippen molar-refractivity contribution in [3.8, 4) is 12.3 Å². The lowest BCUT2D eigenvalue weighted by Crippen LogP contribution is -2.49. The van der Waals surface area contributed by atoms with Crippen molar-refractivity contribution in [1.29, 1.82) is 0 Å². The molecule has 1 rings (SSSR count). The molecule has 1 heterocycles. The summed E-state index contributed by atoms with van der Waals surface area (Å²) in [6, 6.07) is -0.413. The fourth-order valence-corrected chi connectivity index (χ4v) is 3.58. The molecular weight excluding hydrogens is 242 g/mol. The molecule has 0 aromatic rings. The molecule has 0 amide bonds. The van der Waals surface area contributed by atoms with Crippen molar-refractivity contribution in [1.82, 2.24) is 4.90 Å². The average molecular weight is 259 g/mol. The zero-order valence-electron chi connectivity index (χ0n) is 9.63. The first-order valence-electron chi connectivity index (χ1n) is 5.54. The monoisotopic (exact) mass is 259 g/mol. The largest absolute Gasteiger partial charge is 0.481 e. The predicted octanol–water partition coefficient (Wildman–Crippen LogP) is -0.0265. The van der Waals surface area contributed by atoms with Crippen molar-refractivity contribution < 1.29 is 18.3 Å². The van der Waals surface area contributed by atoms with Gasteiger partial charge in [0.15, 0.2) is 9.84 Å². The van der Waals surface area contributed by atoms with Crippen LogP contribution in [0, 0.1) is 12.3 Å². The van der Waals surface area contributed by atoms with Gasteiger partial charge in [-0.05, 0) is 13.0 Å². The molecule has 1 aliphatic heterocycles. The van der Waals surface area contributed by atoms with Crippen LogP contribution < -0.4 is 0 Å². The number of rotatable bonds is 5. The molecule has 0 aromatic carbocycles. The third kappa shape index (κ3) is 4.75. The van der Waals surface area contributed by atoms with Crippen molar-refractivity contribution in [2.45, 2.75) is 25.3 Å². The van der Waals surface area contributed by atoms with Crippen molar-refractivity contribution in [3.63, 3.8) is 0 Å².